The van der Waals surface area contributed by atoms with Crippen LogP contribution in [0, 0.1) is 22.7 Å². The summed E-state index contributed by atoms with van der Waals surface area (Å²) in [5, 5.41) is 33.6. The Labute approximate surface area is 149 Å². The van der Waals surface area contributed by atoms with Gasteiger partial charge in [0.25, 0.3) is 0 Å². The third-order valence-corrected chi connectivity index (χ3v) is 8.13. The Morgan fingerprint density at radius 1 is 1.04 bits per heavy atom. The first-order valence-electron chi connectivity index (χ1n) is 9.41. The number of hydrogen-bond donors (Lipinski definition) is 3. The van der Waals surface area contributed by atoms with Crippen LogP contribution in [0.3, 0.4) is 0 Å². The van der Waals surface area contributed by atoms with Gasteiger partial charge >= 0.3 is 0 Å². The Hall–Kier alpha value is -1.71. The molecule has 0 bridgehead atoms. The number of fused-ring (bicyclic) bond motifs is 5. The van der Waals surface area contributed by atoms with Gasteiger partial charge in [-0.1, -0.05) is 32.9 Å². The molecule has 3 aliphatic rings. The van der Waals surface area contributed by atoms with E-state index in [1.165, 1.54) is 6.07 Å². The Morgan fingerprint density at radius 3 is 2.44 bits per heavy atom. The van der Waals surface area contributed by atoms with E-state index >= 15 is 0 Å². The Kier molecular flexibility index (Phi) is 3.30. The molecule has 2 fully saturated rings. The second-order valence-electron chi connectivity index (χ2n) is 9.54. The van der Waals surface area contributed by atoms with Crippen LogP contribution in [0.5, 0.6) is 11.5 Å². The van der Waals surface area contributed by atoms with E-state index in [1.54, 1.807) is 0 Å². The van der Waals surface area contributed by atoms with Crippen LogP contribution in [0.25, 0.3) is 0 Å². The molecule has 0 heterocycles. The zero-order valence-corrected chi connectivity index (χ0v) is 15.6. The zero-order chi connectivity index (χ0) is 18.2. The predicted molar refractivity (Wildman–Crippen MR) is 97.4 cm³/mol. The molecule has 0 saturated heterocycles. The van der Waals surface area contributed by atoms with Crippen LogP contribution in [0.2, 0.25) is 0 Å². The molecule has 4 rings (SSSR count). The normalized spacial score (nSPS) is 40.4. The molecule has 0 radical (unpaired) electrons. The lowest BCUT2D eigenvalue weighted by atomic mass is 9.43. The van der Waals surface area contributed by atoms with Crippen molar-refractivity contribution in [2.75, 3.05) is 0 Å². The maximum atomic E-state index is 10.6. The minimum atomic E-state index is -0.109. The van der Waals surface area contributed by atoms with Gasteiger partial charge in [-0.25, -0.2) is 0 Å². The maximum Gasteiger partial charge on any atom is 0.123 e. The molecular formula is C21H29NO3. The van der Waals surface area contributed by atoms with Crippen molar-refractivity contribution in [3.63, 3.8) is 0 Å². The number of rotatable bonds is 0. The summed E-state index contributed by atoms with van der Waals surface area (Å²) < 4.78 is 0. The van der Waals surface area contributed by atoms with Crippen LogP contribution in [0.4, 0.5) is 0 Å². The number of oxime groups is 1. The number of aromatic hydroxyl groups is 2. The van der Waals surface area contributed by atoms with Crippen molar-refractivity contribution in [3.05, 3.63) is 23.3 Å². The van der Waals surface area contributed by atoms with Gasteiger partial charge in [0.15, 0.2) is 0 Å². The van der Waals surface area contributed by atoms with Crippen LogP contribution in [0.15, 0.2) is 17.3 Å². The highest BCUT2D eigenvalue weighted by molar-refractivity contribution is 5.90. The van der Waals surface area contributed by atoms with Crippen molar-refractivity contribution in [2.24, 2.45) is 27.8 Å². The summed E-state index contributed by atoms with van der Waals surface area (Å²) >= 11 is 0. The number of benzene rings is 1. The predicted octanol–water partition coefficient (Wildman–Crippen LogP) is 4.59. The van der Waals surface area contributed by atoms with Crippen LogP contribution in [0.1, 0.15) is 64.5 Å². The molecule has 0 amide bonds. The van der Waals surface area contributed by atoms with E-state index in [-0.39, 0.29) is 27.7 Å². The molecule has 0 spiro atoms. The van der Waals surface area contributed by atoms with Crippen molar-refractivity contribution < 1.29 is 15.4 Å². The lowest BCUT2D eigenvalue weighted by Crippen LogP contribution is -2.57. The summed E-state index contributed by atoms with van der Waals surface area (Å²) in [5.74, 6) is 1.29. The van der Waals surface area contributed by atoms with E-state index in [9.17, 15) is 15.4 Å². The van der Waals surface area contributed by atoms with Crippen LogP contribution < -0.4 is 0 Å². The molecular weight excluding hydrogens is 314 g/mol. The Morgan fingerprint density at radius 2 is 1.76 bits per heavy atom. The molecule has 136 valence electrons. The van der Waals surface area contributed by atoms with Crippen LogP contribution in [-0.2, 0) is 11.8 Å². The summed E-state index contributed by atoms with van der Waals surface area (Å²) in [6, 6.07) is 3.33. The molecule has 4 nitrogen and oxygen atoms in total. The molecule has 3 aliphatic carbocycles. The Bertz CT molecular complexity index is 769. The summed E-state index contributed by atoms with van der Waals surface area (Å²) in [5.41, 5.74) is 3.05. The topological polar surface area (TPSA) is 73.1 Å². The second-order valence-corrected chi connectivity index (χ2v) is 9.54. The second kappa shape index (κ2) is 4.93. The molecule has 0 aromatic heterocycles. The fraction of sp³-hybridized carbons (Fsp3) is 0.667. The van der Waals surface area contributed by atoms with Gasteiger partial charge in [-0.2, -0.15) is 0 Å². The summed E-state index contributed by atoms with van der Waals surface area (Å²) in [4.78, 5) is 0. The molecule has 4 heteroatoms. The van der Waals surface area contributed by atoms with Gasteiger partial charge in [-0.05, 0) is 61.0 Å². The monoisotopic (exact) mass is 343 g/mol. The van der Waals surface area contributed by atoms with E-state index in [0.717, 1.165) is 48.9 Å². The average molecular weight is 343 g/mol. The SMILES string of the molecule is CC1(C)/C(=N\O)CC[C@]2(C)[C@H]3Cc4cc(O)cc(O)c4[C@]3(C)CC[C@@H]12. The fourth-order valence-electron chi connectivity index (χ4n) is 7.01. The molecule has 25 heavy (non-hydrogen) atoms. The lowest BCUT2D eigenvalue weighted by molar-refractivity contribution is -0.0612. The first-order valence-corrected chi connectivity index (χ1v) is 9.41. The smallest absolute Gasteiger partial charge is 0.123 e. The standard InChI is InChI=1S/C21H29NO3/c1-19(2)15-5-7-21(4)16(20(15,3)8-6-17(19)22-25)10-12-9-13(23)11-14(24)18(12)21/h9,11,15-16,23-25H,5-8,10H2,1-4H3/b22-17-/t15-,16+,20-,21+/m0/s1. The lowest BCUT2D eigenvalue weighted by Gasteiger charge is -2.61. The van der Waals surface area contributed by atoms with Gasteiger partial charge in [0.05, 0.1) is 5.71 Å². The first-order chi connectivity index (χ1) is 11.6. The molecule has 1 aromatic carbocycles. The maximum absolute atomic E-state index is 10.6. The van der Waals surface area contributed by atoms with Gasteiger partial charge in [0.1, 0.15) is 11.5 Å². The van der Waals surface area contributed by atoms with Crippen LogP contribution in [-0.4, -0.2) is 21.1 Å². The minimum absolute atomic E-state index is 0.0533. The van der Waals surface area contributed by atoms with Crippen molar-refractivity contribution in [1.82, 2.24) is 0 Å². The number of phenolic OH excluding ortho intramolecular Hbond substituents is 2. The van der Waals surface area contributed by atoms with E-state index in [4.69, 9.17) is 0 Å². The third kappa shape index (κ3) is 1.97. The fourth-order valence-corrected chi connectivity index (χ4v) is 7.01. The highest BCUT2D eigenvalue weighted by Crippen LogP contribution is 2.68. The molecule has 1 aromatic rings. The van der Waals surface area contributed by atoms with Gasteiger partial charge in [-0.15, -0.1) is 0 Å². The molecule has 0 aliphatic heterocycles. The van der Waals surface area contributed by atoms with Crippen molar-refractivity contribution >= 4 is 5.71 Å². The summed E-state index contributed by atoms with van der Waals surface area (Å²) in [7, 11) is 0. The van der Waals surface area contributed by atoms with Gasteiger partial charge in [0, 0.05) is 22.5 Å². The van der Waals surface area contributed by atoms with Crippen LogP contribution >= 0.6 is 0 Å². The number of nitrogens with zero attached hydrogens (tertiary/aromatic N) is 1. The van der Waals surface area contributed by atoms with E-state index < -0.39 is 0 Å². The van der Waals surface area contributed by atoms with Gasteiger partial charge < -0.3 is 15.4 Å². The van der Waals surface area contributed by atoms with E-state index in [2.05, 4.69) is 32.9 Å². The summed E-state index contributed by atoms with van der Waals surface area (Å²) in [6.07, 6.45) is 4.83. The first kappa shape index (κ1) is 16.7. The molecule has 0 unspecified atom stereocenters. The van der Waals surface area contributed by atoms with Gasteiger partial charge in [0.2, 0.25) is 0 Å². The van der Waals surface area contributed by atoms with Crippen molar-refractivity contribution in [3.8, 4) is 11.5 Å². The van der Waals surface area contributed by atoms with E-state index in [0.29, 0.717) is 11.8 Å². The quantitative estimate of drug-likeness (QED) is 0.476. The zero-order valence-electron chi connectivity index (χ0n) is 15.6. The molecule has 3 N–H and O–H groups in total. The number of hydrogen-bond acceptors (Lipinski definition) is 4. The minimum Gasteiger partial charge on any atom is -0.508 e. The highest BCUT2D eigenvalue weighted by Gasteiger charge is 2.62. The van der Waals surface area contributed by atoms with Crippen molar-refractivity contribution in [2.45, 2.75) is 65.2 Å². The third-order valence-electron chi connectivity index (χ3n) is 8.13. The molecule has 4 atom stereocenters. The van der Waals surface area contributed by atoms with E-state index in [1.807, 2.05) is 6.07 Å². The Balaban J connectivity index is 1.83. The largest absolute Gasteiger partial charge is 0.508 e. The molecule has 2 saturated carbocycles. The van der Waals surface area contributed by atoms with Crippen molar-refractivity contribution in [1.29, 1.82) is 0 Å². The highest BCUT2D eigenvalue weighted by atomic mass is 16.4. The van der Waals surface area contributed by atoms with Gasteiger partial charge in [-0.3, -0.25) is 0 Å². The average Bonchev–Trinajstić information content (AvgIpc) is 2.80. The number of phenols is 2. The summed E-state index contributed by atoms with van der Waals surface area (Å²) in [6.45, 7) is 9.14.